The molecule has 2 N–H and O–H groups in total. The van der Waals surface area contributed by atoms with Gasteiger partial charge in [-0.2, -0.15) is 0 Å². The van der Waals surface area contributed by atoms with Gasteiger partial charge < -0.3 is 14.8 Å². The van der Waals surface area contributed by atoms with E-state index >= 15 is 0 Å². The Morgan fingerprint density at radius 3 is 2.82 bits per heavy atom. The molecule has 0 saturated carbocycles. The summed E-state index contributed by atoms with van der Waals surface area (Å²) in [6.07, 6.45) is 2.62. The van der Waals surface area contributed by atoms with Gasteiger partial charge in [-0.1, -0.05) is 29.8 Å². The molecule has 0 radical (unpaired) electrons. The fraction of sp³-hybridized carbons (Fsp3) is 0.455. The third kappa shape index (κ3) is 2.48. The quantitative estimate of drug-likeness (QED) is 0.615. The Morgan fingerprint density at radius 1 is 1.39 bits per heavy atom. The molecule has 2 bridgehead atoms. The van der Waals surface area contributed by atoms with E-state index in [0.29, 0.717) is 18.7 Å². The molecule has 0 spiro atoms. The number of hydrogen-bond acceptors (Lipinski definition) is 5. The van der Waals surface area contributed by atoms with E-state index in [1.807, 2.05) is 44.3 Å². The maximum absolute atomic E-state index is 13.3. The average Bonchev–Trinajstić information content (AvgIpc) is 3.07. The van der Waals surface area contributed by atoms with E-state index in [1.54, 1.807) is 0 Å². The summed E-state index contributed by atoms with van der Waals surface area (Å²) in [6, 6.07) is 7.57. The van der Waals surface area contributed by atoms with E-state index in [4.69, 9.17) is 4.74 Å². The molecule has 0 amide bonds. The Hall–Kier alpha value is -2.44. The van der Waals surface area contributed by atoms with Crippen LogP contribution in [0.5, 0.6) is 0 Å². The van der Waals surface area contributed by atoms with Gasteiger partial charge in [0.15, 0.2) is 5.78 Å². The van der Waals surface area contributed by atoms with Gasteiger partial charge in [-0.3, -0.25) is 14.5 Å². The number of ether oxygens (including phenoxy) is 1. The fourth-order valence-corrected chi connectivity index (χ4v) is 5.29. The Balaban J connectivity index is 1.99. The Kier molecular flexibility index (Phi) is 4.63. The summed E-state index contributed by atoms with van der Waals surface area (Å²) in [7, 11) is 3.32. The number of rotatable bonds is 2. The molecule has 1 aromatic carbocycles. The van der Waals surface area contributed by atoms with E-state index in [9.17, 15) is 14.7 Å². The highest BCUT2D eigenvalue weighted by Gasteiger charge is 2.58. The largest absolute Gasteiger partial charge is 0.468 e. The SMILES string of the molecule is CC=C1CN(C)[C@H]2Cc3c([nH]c4ccccc34)C(=O)C[C@H]1[C@]2(CO)C(=O)OC. The lowest BCUT2D eigenvalue weighted by Gasteiger charge is -2.52. The Morgan fingerprint density at radius 2 is 2.14 bits per heavy atom. The first-order valence-electron chi connectivity index (χ1n) is 9.65. The summed E-state index contributed by atoms with van der Waals surface area (Å²) in [4.78, 5) is 31.8. The van der Waals surface area contributed by atoms with Crippen LogP contribution in [0.4, 0.5) is 0 Å². The van der Waals surface area contributed by atoms with Crippen molar-refractivity contribution >= 4 is 22.7 Å². The van der Waals surface area contributed by atoms with E-state index < -0.39 is 11.4 Å². The van der Waals surface area contributed by atoms with Gasteiger partial charge >= 0.3 is 5.97 Å². The van der Waals surface area contributed by atoms with Crippen LogP contribution in [0, 0.1) is 11.3 Å². The summed E-state index contributed by atoms with van der Waals surface area (Å²) >= 11 is 0. The number of nitrogens with one attached hydrogen (secondary N) is 1. The van der Waals surface area contributed by atoms with Crippen molar-refractivity contribution in [3.05, 3.63) is 47.2 Å². The number of allylic oxidation sites excluding steroid dienone is 1. The molecule has 4 rings (SSSR count). The monoisotopic (exact) mass is 382 g/mol. The number of ketones is 1. The number of Topliss-reactive ketones (excluding diaryl/α,β-unsaturated/α-hetero) is 1. The fourth-order valence-electron chi connectivity index (χ4n) is 5.29. The highest BCUT2D eigenvalue weighted by Crippen LogP contribution is 2.49. The molecule has 1 aliphatic heterocycles. The standard InChI is InChI=1S/C22H26N2O4/c1-4-13-11-24(2)19-9-15-14-7-5-6-8-17(14)23-20(15)18(26)10-16(13)22(19,12-25)21(27)28-3/h4-8,16,19,23,25H,9-12H2,1-3H3/t16-,19+,22+/m1/s1. The summed E-state index contributed by atoms with van der Waals surface area (Å²) in [5.41, 5.74) is 2.28. The van der Waals surface area contributed by atoms with Crippen LogP contribution in [-0.4, -0.2) is 60.1 Å². The second-order valence-corrected chi connectivity index (χ2v) is 7.89. The molecule has 148 valence electrons. The van der Waals surface area contributed by atoms with Crippen LogP contribution < -0.4 is 0 Å². The van der Waals surface area contributed by atoms with Crippen molar-refractivity contribution in [3.8, 4) is 0 Å². The number of piperidine rings is 1. The number of aromatic nitrogens is 1. The average molecular weight is 382 g/mol. The summed E-state index contributed by atoms with van der Waals surface area (Å²) < 4.78 is 5.18. The zero-order chi connectivity index (χ0) is 20.1. The van der Waals surface area contributed by atoms with Gasteiger partial charge in [-0.15, -0.1) is 0 Å². The molecule has 1 fully saturated rings. The summed E-state index contributed by atoms with van der Waals surface area (Å²) in [6.45, 7) is 2.22. The van der Waals surface area contributed by atoms with Gasteiger partial charge in [0.1, 0.15) is 5.41 Å². The minimum Gasteiger partial charge on any atom is -0.468 e. The Bertz CT molecular complexity index is 976. The number of hydrogen-bond donors (Lipinski definition) is 2. The highest BCUT2D eigenvalue weighted by molar-refractivity contribution is 6.03. The number of carbonyl (C=O) groups excluding carboxylic acids is 2. The van der Waals surface area contributed by atoms with Crippen molar-refractivity contribution in [3.63, 3.8) is 0 Å². The smallest absolute Gasteiger partial charge is 0.316 e. The van der Waals surface area contributed by atoms with E-state index in [-0.39, 0.29) is 30.8 Å². The van der Waals surface area contributed by atoms with E-state index in [0.717, 1.165) is 22.0 Å². The van der Waals surface area contributed by atoms with Crippen molar-refractivity contribution in [2.75, 3.05) is 27.3 Å². The normalized spacial score (nSPS) is 29.4. The van der Waals surface area contributed by atoms with E-state index in [1.165, 1.54) is 7.11 Å². The second kappa shape index (κ2) is 6.87. The van der Waals surface area contributed by atoms with E-state index in [2.05, 4.69) is 9.88 Å². The molecule has 6 nitrogen and oxygen atoms in total. The zero-order valence-electron chi connectivity index (χ0n) is 16.5. The van der Waals surface area contributed by atoms with Crippen LogP contribution in [0.15, 0.2) is 35.9 Å². The Labute approximate surface area is 164 Å². The van der Waals surface area contributed by atoms with Gasteiger partial charge in [-0.05, 0) is 32.0 Å². The van der Waals surface area contributed by atoms with Gasteiger partial charge in [0.2, 0.25) is 0 Å². The first-order chi connectivity index (χ1) is 13.5. The van der Waals surface area contributed by atoms with Crippen LogP contribution >= 0.6 is 0 Å². The number of likely N-dealkylation sites (tertiary alicyclic amines) is 1. The molecule has 2 heterocycles. The molecule has 1 aliphatic carbocycles. The number of H-pyrrole nitrogens is 1. The summed E-state index contributed by atoms with van der Waals surface area (Å²) in [5.74, 6) is -0.865. The maximum Gasteiger partial charge on any atom is 0.316 e. The number of carbonyl (C=O) groups is 2. The van der Waals surface area contributed by atoms with Gasteiger partial charge in [-0.25, -0.2) is 0 Å². The highest BCUT2D eigenvalue weighted by atomic mass is 16.5. The molecule has 1 saturated heterocycles. The number of aromatic amines is 1. The van der Waals surface area contributed by atoms with Crippen molar-refractivity contribution in [1.29, 1.82) is 0 Å². The van der Waals surface area contributed by atoms with Crippen molar-refractivity contribution in [1.82, 2.24) is 9.88 Å². The first kappa shape index (κ1) is 18.9. The molecule has 28 heavy (non-hydrogen) atoms. The van der Waals surface area contributed by atoms with Crippen LogP contribution in [0.1, 0.15) is 29.4 Å². The first-order valence-corrected chi connectivity index (χ1v) is 9.65. The molecule has 6 heteroatoms. The van der Waals surface area contributed by atoms with Gasteiger partial charge in [0, 0.05) is 35.8 Å². The number of benzene rings is 1. The number of aliphatic hydroxyl groups excluding tert-OH is 1. The van der Waals surface area contributed by atoms with Gasteiger partial charge in [0.25, 0.3) is 0 Å². The van der Waals surface area contributed by atoms with Crippen LogP contribution in [0.2, 0.25) is 0 Å². The predicted octanol–water partition coefficient (Wildman–Crippen LogP) is 2.33. The minimum absolute atomic E-state index is 0.0275. The zero-order valence-corrected chi connectivity index (χ0v) is 16.5. The number of esters is 1. The molecular formula is C22H26N2O4. The van der Waals surface area contributed by atoms with Crippen molar-refractivity contribution in [2.45, 2.75) is 25.8 Å². The lowest BCUT2D eigenvalue weighted by Crippen LogP contribution is -2.63. The summed E-state index contributed by atoms with van der Waals surface area (Å²) in [5, 5.41) is 11.5. The number of fused-ring (bicyclic) bond motifs is 5. The van der Waals surface area contributed by atoms with Gasteiger partial charge in [0.05, 0.1) is 19.4 Å². The number of aliphatic hydroxyl groups is 1. The molecule has 1 aromatic heterocycles. The van der Waals surface area contributed by atoms with Crippen LogP contribution in [-0.2, 0) is 16.0 Å². The molecule has 2 aliphatic rings. The lowest BCUT2D eigenvalue weighted by atomic mass is 9.60. The van der Waals surface area contributed by atoms with Crippen molar-refractivity contribution in [2.24, 2.45) is 11.3 Å². The van der Waals surface area contributed by atoms with Crippen LogP contribution in [0.3, 0.4) is 0 Å². The number of nitrogens with zero attached hydrogens (tertiary/aromatic N) is 1. The number of likely N-dealkylation sites (N-methyl/N-ethyl adjacent to an activating group) is 1. The topological polar surface area (TPSA) is 82.6 Å². The second-order valence-electron chi connectivity index (χ2n) is 7.89. The molecule has 3 atom stereocenters. The maximum atomic E-state index is 13.3. The predicted molar refractivity (Wildman–Crippen MR) is 106 cm³/mol. The third-order valence-corrected chi connectivity index (χ3v) is 6.71. The third-order valence-electron chi connectivity index (χ3n) is 6.71. The molecule has 2 aromatic rings. The number of para-hydroxylation sites is 1. The molecular weight excluding hydrogens is 356 g/mol. The lowest BCUT2D eigenvalue weighted by molar-refractivity contribution is -0.168. The molecule has 0 unspecified atom stereocenters. The minimum atomic E-state index is -1.17. The van der Waals surface area contributed by atoms with Crippen LogP contribution in [0.25, 0.3) is 10.9 Å². The van der Waals surface area contributed by atoms with Crippen molar-refractivity contribution < 1.29 is 19.4 Å². The number of methoxy groups -OCH3 is 1.